The van der Waals surface area contributed by atoms with E-state index in [1.807, 2.05) is 0 Å². The maximum Gasteiger partial charge on any atom is 0.416 e. The fourth-order valence-electron chi connectivity index (χ4n) is 4.60. The molecule has 1 aliphatic rings. The number of rotatable bonds is 9. The van der Waals surface area contributed by atoms with Crippen LogP contribution in [0.25, 0.3) is 0 Å². The topological polar surface area (TPSA) is 99.4 Å². The Labute approximate surface area is 245 Å². The molecule has 3 aromatic carbocycles. The van der Waals surface area contributed by atoms with Crippen molar-refractivity contribution in [1.82, 2.24) is 4.90 Å². The van der Waals surface area contributed by atoms with Crippen LogP contribution in [0.5, 0.6) is 0 Å². The van der Waals surface area contributed by atoms with Crippen molar-refractivity contribution in [2.45, 2.75) is 44.4 Å². The highest BCUT2D eigenvalue weighted by atomic mass is 19.4. The molecule has 1 aliphatic heterocycles. The molecule has 2 N–H and O–H groups in total. The van der Waals surface area contributed by atoms with Crippen molar-refractivity contribution in [3.8, 4) is 0 Å². The summed E-state index contributed by atoms with van der Waals surface area (Å²) >= 11 is 0. The van der Waals surface area contributed by atoms with Crippen molar-refractivity contribution in [3.05, 3.63) is 107 Å². The summed E-state index contributed by atoms with van der Waals surface area (Å²) in [5.74, 6) is -4.17. The van der Waals surface area contributed by atoms with Gasteiger partial charge in [0.05, 0.1) is 11.3 Å². The fourth-order valence-corrected chi connectivity index (χ4v) is 4.60. The molecular weight excluding hydrogens is 575 g/mol. The quantitative estimate of drug-likeness (QED) is 0.159. The number of benzene rings is 3. The van der Waals surface area contributed by atoms with Crippen molar-refractivity contribution < 1.29 is 46.6 Å². The van der Waals surface area contributed by atoms with Crippen LogP contribution in [0.4, 0.5) is 22.0 Å². The Balaban J connectivity index is 0.000000765. The third-order valence-electron chi connectivity index (χ3n) is 6.81. The molecule has 0 bridgehead atoms. The number of likely N-dealkylation sites (tertiary alicyclic amines) is 1. The number of halogens is 5. The number of hydrogen-bond donors (Lipinski definition) is 2. The van der Waals surface area contributed by atoms with Crippen molar-refractivity contribution in [3.63, 3.8) is 0 Å². The SMILES string of the molecule is Fc1ccc(C(CCCN2CCC(=NOCc3cccc(C(F)(F)F)c3)CC2)c2ccc(F)cc2)cc1.O=C(O)C(=O)O. The van der Waals surface area contributed by atoms with Gasteiger partial charge in [-0.2, -0.15) is 13.2 Å². The summed E-state index contributed by atoms with van der Waals surface area (Å²) in [6, 6.07) is 18.0. The van der Waals surface area contributed by atoms with Gasteiger partial charge < -0.3 is 20.0 Å². The fraction of sp³-hybridized carbons (Fsp3) is 0.323. The molecule has 1 fully saturated rings. The molecule has 12 heteroatoms. The Bertz CT molecular complexity index is 1310. The Morgan fingerprint density at radius 3 is 1.88 bits per heavy atom. The minimum absolute atomic E-state index is 0.00864. The molecule has 0 spiro atoms. The summed E-state index contributed by atoms with van der Waals surface area (Å²) in [6.07, 6.45) is -1.15. The summed E-state index contributed by atoms with van der Waals surface area (Å²) in [6.45, 7) is 2.52. The van der Waals surface area contributed by atoms with Gasteiger partial charge in [-0.15, -0.1) is 0 Å². The van der Waals surface area contributed by atoms with E-state index >= 15 is 0 Å². The number of carboxylic acids is 2. The molecule has 0 aromatic heterocycles. The molecule has 230 valence electrons. The first-order chi connectivity index (χ1) is 20.4. The summed E-state index contributed by atoms with van der Waals surface area (Å²) in [5, 5.41) is 18.9. The number of carboxylic acid groups (broad SMARTS) is 2. The minimum Gasteiger partial charge on any atom is -0.473 e. The van der Waals surface area contributed by atoms with Gasteiger partial charge in [0.15, 0.2) is 0 Å². The lowest BCUT2D eigenvalue weighted by Crippen LogP contribution is -2.34. The van der Waals surface area contributed by atoms with Crippen molar-refractivity contribution in [1.29, 1.82) is 0 Å². The van der Waals surface area contributed by atoms with Crippen LogP contribution in [0.3, 0.4) is 0 Å². The Morgan fingerprint density at radius 2 is 1.40 bits per heavy atom. The number of hydrogen-bond acceptors (Lipinski definition) is 5. The molecular formula is C31H31F5N2O5. The highest BCUT2D eigenvalue weighted by Gasteiger charge is 2.30. The number of piperidine rings is 1. The average Bonchev–Trinajstić information content (AvgIpc) is 2.97. The lowest BCUT2D eigenvalue weighted by atomic mass is 9.87. The summed E-state index contributed by atoms with van der Waals surface area (Å²) in [4.78, 5) is 25.9. The molecule has 0 atom stereocenters. The lowest BCUT2D eigenvalue weighted by molar-refractivity contribution is -0.159. The van der Waals surface area contributed by atoms with Crippen LogP contribution in [0, 0.1) is 11.6 Å². The smallest absolute Gasteiger partial charge is 0.416 e. The van der Waals surface area contributed by atoms with E-state index in [-0.39, 0.29) is 24.2 Å². The maximum atomic E-state index is 13.4. The van der Waals surface area contributed by atoms with E-state index in [9.17, 15) is 22.0 Å². The predicted molar refractivity (Wildman–Crippen MR) is 148 cm³/mol. The summed E-state index contributed by atoms with van der Waals surface area (Å²) in [7, 11) is 0. The second kappa shape index (κ2) is 15.8. The van der Waals surface area contributed by atoms with Gasteiger partial charge in [0.2, 0.25) is 0 Å². The van der Waals surface area contributed by atoms with Crippen LogP contribution in [0.15, 0.2) is 78.0 Å². The first kappa shape index (κ1) is 33.2. The van der Waals surface area contributed by atoms with Gasteiger partial charge in [-0.05, 0) is 72.5 Å². The van der Waals surface area contributed by atoms with Gasteiger partial charge in [-0.1, -0.05) is 41.6 Å². The van der Waals surface area contributed by atoms with E-state index in [1.165, 1.54) is 30.3 Å². The normalized spacial score (nSPS) is 13.7. The van der Waals surface area contributed by atoms with E-state index in [4.69, 9.17) is 24.6 Å². The summed E-state index contributed by atoms with van der Waals surface area (Å²) in [5.41, 5.74) is 2.63. The van der Waals surface area contributed by atoms with Gasteiger partial charge in [0.1, 0.15) is 18.2 Å². The van der Waals surface area contributed by atoms with Crippen LogP contribution in [0.2, 0.25) is 0 Å². The second-order valence-electron chi connectivity index (χ2n) is 9.88. The van der Waals surface area contributed by atoms with Crippen molar-refractivity contribution in [2.75, 3.05) is 19.6 Å². The number of oxime groups is 1. The molecule has 1 saturated heterocycles. The lowest BCUT2D eigenvalue weighted by Gasteiger charge is -2.28. The van der Waals surface area contributed by atoms with Crippen molar-refractivity contribution in [2.24, 2.45) is 5.16 Å². The maximum absolute atomic E-state index is 13.4. The third-order valence-corrected chi connectivity index (χ3v) is 6.81. The van der Waals surface area contributed by atoms with Crippen LogP contribution in [0.1, 0.15) is 53.9 Å². The predicted octanol–water partition coefficient (Wildman–Crippen LogP) is 6.72. The molecule has 0 radical (unpaired) electrons. The van der Waals surface area contributed by atoms with Gasteiger partial charge in [0, 0.05) is 31.8 Å². The highest BCUT2D eigenvalue weighted by Crippen LogP contribution is 2.31. The van der Waals surface area contributed by atoms with Crippen LogP contribution < -0.4 is 0 Å². The standard InChI is InChI=1S/C29H29F5N2O.C2H2O4/c30-25-10-6-22(7-11-25)28(23-8-12-26(31)13-9-23)5-2-16-36-17-14-27(15-18-36)35-37-20-21-3-1-4-24(19-21)29(32,33)34;3-1(4)2(5)6/h1,3-4,6-13,19,28H,2,5,14-18,20H2;(H,3,4)(H,5,6). The molecule has 43 heavy (non-hydrogen) atoms. The number of nitrogens with zero attached hydrogens (tertiary/aromatic N) is 2. The Kier molecular flexibility index (Phi) is 12.2. The number of carbonyl (C=O) groups is 2. The second-order valence-corrected chi connectivity index (χ2v) is 9.88. The van der Waals surface area contributed by atoms with Crippen LogP contribution in [-0.2, 0) is 27.2 Å². The summed E-state index contributed by atoms with van der Waals surface area (Å²) < 4.78 is 65.4. The van der Waals surface area contributed by atoms with Crippen molar-refractivity contribution >= 4 is 17.7 Å². The first-order valence-electron chi connectivity index (χ1n) is 13.5. The highest BCUT2D eigenvalue weighted by molar-refractivity contribution is 6.27. The molecule has 0 unspecified atom stereocenters. The molecule has 0 amide bonds. The van der Waals surface area contributed by atoms with E-state index in [2.05, 4.69) is 10.1 Å². The zero-order valence-corrected chi connectivity index (χ0v) is 23.1. The molecule has 7 nitrogen and oxygen atoms in total. The third kappa shape index (κ3) is 11.1. The van der Waals surface area contributed by atoms with E-state index in [0.717, 1.165) is 74.3 Å². The molecule has 0 aliphatic carbocycles. The minimum atomic E-state index is -4.38. The molecule has 1 heterocycles. The zero-order chi connectivity index (χ0) is 31.4. The monoisotopic (exact) mass is 606 g/mol. The van der Waals surface area contributed by atoms with E-state index in [1.54, 1.807) is 30.3 Å². The van der Waals surface area contributed by atoms with Crippen LogP contribution >= 0.6 is 0 Å². The molecule has 3 aromatic rings. The van der Waals surface area contributed by atoms with Gasteiger partial charge in [0.25, 0.3) is 0 Å². The first-order valence-corrected chi connectivity index (χ1v) is 13.5. The number of alkyl halides is 3. The Hall–Kier alpha value is -4.32. The van der Waals surface area contributed by atoms with Gasteiger partial charge in [-0.3, -0.25) is 0 Å². The largest absolute Gasteiger partial charge is 0.473 e. The molecule has 4 rings (SSSR count). The van der Waals surface area contributed by atoms with E-state index in [0.29, 0.717) is 5.56 Å². The molecule has 0 saturated carbocycles. The van der Waals surface area contributed by atoms with Crippen LogP contribution in [-0.4, -0.2) is 52.4 Å². The van der Waals surface area contributed by atoms with Gasteiger partial charge in [-0.25, -0.2) is 18.4 Å². The van der Waals surface area contributed by atoms with E-state index < -0.39 is 23.7 Å². The van der Waals surface area contributed by atoms with Gasteiger partial charge >= 0.3 is 18.1 Å². The zero-order valence-electron chi connectivity index (χ0n) is 23.1. The Morgan fingerprint density at radius 1 is 0.860 bits per heavy atom. The number of aliphatic carboxylic acids is 2. The average molecular weight is 607 g/mol.